The molecule has 2 aliphatic rings. The van der Waals surface area contributed by atoms with Gasteiger partial charge in [0.05, 0.1) is 24.0 Å². The highest BCUT2D eigenvalue weighted by Gasteiger charge is 2.36. The molecule has 1 aromatic heterocycles. The van der Waals surface area contributed by atoms with Gasteiger partial charge in [0.25, 0.3) is 5.56 Å². The number of rotatable bonds is 5. The lowest BCUT2D eigenvalue weighted by atomic mass is 9.92. The molecule has 33 heavy (non-hydrogen) atoms. The van der Waals surface area contributed by atoms with E-state index in [2.05, 4.69) is 20.6 Å². The van der Waals surface area contributed by atoms with Gasteiger partial charge >= 0.3 is 5.97 Å². The summed E-state index contributed by atoms with van der Waals surface area (Å²) < 4.78 is 18.2. The van der Waals surface area contributed by atoms with Crippen molar-refractivity contribution >= 4 is 35.2 Å². The first-order valence-corrected chi connectivity index (χ1v) is 10.8. The van der Waals surface area contributed by atoms with E-state index in [1.807, 2.05) is 4.90 Å². The molecule has 10 nitrogen and oxygen atoms in total. The number of carbonyl (C=O) groups is 3. The molecule has 11 heteroatoms. The molecule has 2 aliphatic heterocycles. The van der Waals surface area contributed by atoms with Crippen molar-refractivity contribution in [1.82, 2.24) is 9.97 Å². The van der Waals surface area contributed by atoms with Gasteiger partial charge in [0.15, 0.2) is 0 Å². The number of hydrogen-bond donors (Lipinski definition) is 3. The fourth-order valence-corrected chi connectivity index (χ4v) is 4.08. The first-order chi connectivity index (χ1) is 15.9. The van der Waals surface area contributed by atoms with E-state index >= 15 is 0 Å². The van der Waals surface area contributed by atoms with Crippen LogP contribution in [0, 0.1) is 11.7 Å². The van der Waals surface area contributed by atoms with Crippen LogP contribution in [-0.2, 0) is 19.1 Å². The fourth-order valence-electron chi connectivity index (χ4n) is 4.08. The summed E-state index contributed by atoms with van der Waals surface area (Å²) in [6.07, 6.45) is 0.887. The number of halogens is 1. The molecule has 1 fully saturated rings. The molecule has 2 amide bonds. The van der Waals surface area contributed by atoms with E-state index in [4.69, 9.17) is 4.74 Å². The summed E-state index contributed by atoms with van der Waals surface area (Å²) in [6.45, 7) is 3.05. The second-order valence-electron chi connectivity index (χ2n) is 7.97. The average Bonchev–Trinajstić information content (AvgIpc) is 2.80. The Hall–Kier alpha value is -3.76. The molecule has 0 spiro atoms. The van der Waals surface area contributed by atoms with Gasteiger partial charge in [-0.2, -0.15) is 4.98 Å². The van der Waals surface area contributed by atoms with E-state index in [0.717, 1.165) is 0 Å². The molecule has 0 radical (unpaired) electrons. The van der Waals surface area contributed by atoms with E-state index < -0.39 is 29.1 Å². The molecule has 4 rings (SSSR count). The summed E-state index contributed by atoms with van der Waals surface area (Å²) in [4.78, 5) is 58.9. The number of amides is 2. The minimum atomic E-state index is -1.04. The van der Waals surface area contributed by atoms with Crippen molar-refractivity contribution < 1.29 is 23.5 Å². The second-order valence-corrected chi connectivity index (χ2v) is 7.97. The lowest BCUT2D eigenvalue weighted by molar-refractivity contribution is -0.148. The van der Waals surface area contributed by atoms with Crippen LogP contribution in [0.5, 0.6) is 0 Å². The van der Waals surface area contributed by atoms with Crippen LogP contribution in [-0.4, -0.2) is 47.4 Å². The van der Waals surface area contributed by atoms with Gasteiger partial charge in [-0.1, -0.05) is 0 Å². The number of piperidine rings is 1. The van der Waals surface area contributed by atoms with Crippen LogP contribution < -0.4 is 21.1 Å². The van der Waals surface area contributed by atoms with Crippen molar-refractivity contribution in [2.24, 2.45) is 5.92 Å². The third-order valence-corrected chi connectivity index (χ3v) is 5.78. The molecule has 3 N–H and O–H groups in total. The van der Waals surface area contributed by atoms with Gasteiger partial charge < -0.3 is 20.3 Å². The monoisotopic (exact) mass is 457 g/mol. The quantitative estimate of drug-likeness (QED) is 0.583. The Morgan fingerprint density at radius 2 is 1.91 bits per heavy atom. The molecule has 0 bridgehead atoms. The van der Waals surface area contributed by atoms with Crippen LogP contribution in [0.2, 0.25) is 0 Å². The number of hydrogen-bond acceptors (Lipinski definition) is 7. The lowest BCUT2D eigenvalue weighted by Gasteiger charge is -2.32. The summed E-state index contributed by atoms with van der Waals surface area (Å²) in [7, 11) is 0. The molecule has 174 valence electrons. The molecular formula is C22H24FN5O5. The largest absolute Gasteiger partial charge is 0.466 e. The minimum Gasteiger partial charge on any atom is -0.466 e. The van der Waals surface area contributed by atoms with E-state index in [0.29, 0.717) is 38.2 Å². The third-order valence-electron chi connectivity index (χ3n) is 5.78. The highest BCUT2D eigenvalue weighted by molar-refractivity contribution is 6.04. The molecule has 1 aromatic carbocycles. The van der Waals surface area contributed by atoms with E-state index in [-0.39, 0.29) is 35.6 Å². The molecular weight excluding hydrogens is 433 g/mol. The van der Waals surface area contributed by atoms with Crippen molar-refractivity contribution in [3.63, 3.8) is 0 Å². The van der Waals surface area contributed by atoms with Gasteiger partial charge in [0, 0.05) is 25.2 Å². The summed E-state index contributed by atoms with van der Waals surface area (Å²) >= 11 is 0. The van der Waals surface area contributed by atoms with Crippen molar-refractivity contribution in [1.29, 1.82) is 0 Å². The molecule has 1 atom stereocenters. The van der Waals surface area contributed by atoms with Gasteiger partial charge in [-0.05, 0) is 44.0 Å². The van der Waals surface area contributed by atoms with Gasteiger partial charge in [-0.3, -0.25) is 24.2 Å². The average molecular weight is 457 g/mol. The highest BCUT2D eigenvalue weighted by atomic mass is 19.1. The summed E-state index contributed by atoms with van der Waals surface area (Å²) in [6, 6.07) is 5.18. The number of esters is 1. The van der Waals surface area contributed by atoms with Crippen molar-refractivity contribution in [2.45, 2.75) is 32.1 Å². The van der Waals surface area contributed by atoms with Crippen LogP contribution in [0.15, 0.2) is 29.1 Å². The van der Waals surface area contributed by atoms with Crippen molar-refractivity contribution in [3.8, 4) is 0 Å². The van der Waals surface area contributed by atoms with E-state index in [1.54, 1.807) is 6.92 Å². The van der Waals surface area contributed by atoms with Crippen LogP contribution in [0.3, 0.4) is 0 Å². The number of aromatic amines is 1. The maximum Gasteiger partial charge on any atom is 0.309 e. The minimum absolute atomic E-state index is 0.0387. The zero-order valence-electron chi connectivity index (χ0n) is 18.0. The SMILES string of the molecule is CCOC(=O)C1CCN(c2nc3c(c(=O)[nH]2)C(C(=O)Nc2ccc(F)cc2)CC(=O)N3)CC1. The molecule has 1 saturated heterocycles. The Morgan fingerprint density at radius 3 is 2.58 bits per heavy atom. The smallest absolute Gasteiger partial charge is 0.309 e. The standard InChI is InChI=1S/C22H24FN5O5/c1-2-33-21(32)12-7-9-28(10-8-12)22-26-18-17(20(31)27-22)15(11-16(29)25-18)19(30)24-14-5-3-13(23)4-6-14/h3-6,12,15H,2,7-11H2,1H3,(H,24,30)(H2,25,26,27,29,31). The number of H-pyrrole nitrogens is 1. The Kier molecular flexibility index (Phi) is 6.38. The zero-order valence-corrected chi connectivity index (χ0v) is 18.0. The number of fused-ring (bicyclic) bond motifs is 1. The van der Waals surface area contributed by atoms with Crippen LogP contribution >= 0.6 is 0 Å². The Bertz CT molecular complexity index is 1120. The summed E-state index contributed by atoms with van der Waals surface area (Å²) in [5.41, 5.74) is -0.111. The lowest BCUT2D eigenvalue weighted by Crippen LogP contribution is -2.41. The fraction of sp³-hybridized carbons (Fsp3) is 0.409. The number of aromatic nitrogens is 2. The molecule has 0 saturated carbocycles. The molecule has 3 heterocycles. The predicted octanol–water partition coefficient (Wildman–Crippen LogP) is 1.75. The number of ether oxygens (including phenoxy) is 1. The highest BCUT2D eigenvalue weighted by Crippen LogP contribution is 2.31. The first-order valence-electron chi connectivity index (χ1n) is 10.8. The number of benzene rings is 1. The number of carbonyl (C=O) groups excluding carboxylic acids is 3. The van der Waals surface area contributed by atoms with Gasteiger partial charge in [-0.15, -0.1) is 0 Å². The topological polar surface area (TPSA) is 133 Å². The van der Waals surface area contributed by atoms with Crippen molar-refractivity contribution in [2.75, 3.05) is 35.2 Å². The van der Waals surface area contributed by atoms with Crippen LogP contribution in [0.25, 0.3) is 0 Å². The zero-order chi connectivity index (χ0) is 23.5. The van der Waals surface area contributed by atoms with Crippen LogP contribution in [0.4, 0.5) is 21.8 Å². The Balaban J connectivity index is 1.53. The molecule has 2 aromatic rings. The Labute approximate surface area is 188 Å². The number of anilines is 3. The molecule has 1 unspecified atom stereocenters. The second kappa shape index (κ2) is 9.39. The number of nitrogens with zero attached hydrogens (tertiary/aromatic N) is 2. The van der Waals surface area contributed by atoms with E-state index in [1.165, 1.54) is 24.3 Å². The maximum atomic E-state index is 13.1. The van der Waals surface area contributed by atoms with Crippen LogP contribution in [0.1, 0.15) is 37.7 Å². The molecule has 0 aliphatic carbocycles. The summed E-state index contributed by atoms with van der Waals surface area (Å²) in [5.74, 6) is -2.62. The number of nitrogens with one attached hydrogen (secondary N) is 3. The first kappa shape index (κ1) is 22.4. The third kappa shape index (κ3) is 4.86. The summed E-state index contributed by atoms with van der Waals surface area (Å²) in [5, 5.41) is 5.19. The predicted molar refractivity (Wildman–Crippen MR) is 117 cm³/mol. The normalized spacial score (nSPS) is 18.3. The van der Waals surface area contributed by atoms with E-state index in [9.17, 15) is 23.6 Å². The van der Waals surface area contributed by atoms with Gasteiger partial charge in [0.2, 0.25) is 17.8 Å². The van der Waals surface area contributed by atoms with Crippen molar-refractivity contribution in [3.05, 3.63) is 46.0 Å². The maximum absolute atomic E-state index is 13.1. The van der Waals surface area contributed by atoms with Gasteiger partial charge in [-0.25, -0.2) is 4.39 Å². The Morgan fingerprint density at radius 1 is 1.21 bits per heavy atom. The van der Waals surface area contributed by atoms with Gasteiger partial charge in [0.1, 0.15) is 11.6 Å².